The summed E-state index contributed by atoms with van der Waals surface area (Å²) in [7, 11) is 3.89. The maximum atomic E-state index is 12.4. The minimum atomic E-state index is -0.549. The van der Waals surface area contributed by atoms with Crippen LogP contribution in [-0.2, 0) is 12.1 Å². The molecule has 2 N–H and O–H groups in total. The molecule has 0 atom stereocenters. The number of rotatable bonds is 5. The van der Waals surface area contributed by atoms with Gasteiger partial charge in [-0.25, -0.2) is 4.79 Å². The van der Waals surface area contributed by atoms with Crippen LogP contribution in [0, 0.1) is 0 Å². The lowest BCUT2D eigenvalue weighted by molar-refractivity contribution is 0.232. The molecule has 128 valence electrons. The molecule has 0 spiro atoms. The van der Waals surface area contributed by atoms with Crippen LogP contribution in [-0.4, -0.2) is 35.2 Å². The predicted octanol–water partition coefficient (Wildman–Crippen LogP) is 2.72. The fourth-order valence-electron chi connectivity index (χ4n) is 3.07. The van der Waals surface area contributed by atoms with E-state index in [2.05, 4.69) is 20.8 Å². The number of carbonyl (C=O) groups excluding carboxylic acids is 1. The molecule has 1 aliphatic rings. The Morgan fingerprint density at radius 2 is 1.96 bits per heavy atom. The van der Waals surface area contributed by atoms with Gasteiger partial charge in [0.1, 0.15) is 5.54 Å². The number of urea groups is 1. The van der Waals surface area contributed by atoms with Crippen LogP contribution in [0.5, 0.6) is 0 Å². The molecule has 2 aromatic rings. The van der Waals surface area contributed by atoms with E-state index in [0.29, 0.717) is 18.3 Å². The van der Waals surface area contributed by atoms with Gasteiger partial charge in [0.15, 0.2) is 5.82 Å². The van der Waals surface area contributed by atoms with E-state index in [-0.39, 0.29) is 6.03 Å². The topological polar surface area (TPSA) is 83.3 Å². The smallest absolute Gasteiger partial charge is 0.320 e. The maximum Gasteiger partial charge on any atom is 0.320 e. The summed E-state index contributed by atoms with van der Waals surface area (Å²) in [6, 6.07) is 9.13. The van der Waals surface area contributed by atoms with Crippen LogP contribution in [0.3, 0.4) is 0 Å². The summed E-state index contributed by atoms with van der Waals surface area (Å²) < 4.78 is 5.34. The highest BCUT2D eigenvalue weighted by Crippen LogP contribution is 2.37. The number of carbonyl (C=O) groups is 1. The summed E-state index contributed by atoms with van der Waals surface area (Å²) >= 11 is 0. The molecular weight excluding hydrogens is 306 g/mol. The van der Waals surface area contributed by atoms with Crippen molar-refractivity contribution in [2.24, 2.45) is 0 Å². The van der Waals surface area contributed by atoms with Crippen LogP contribution in [0.25, 0.3) is 0 Å². The van der Waals surface area contributed by atoms with E-state index in [0.717, 1.165) is 31.4 Å². The van der Waals surface area contributed by atoms with Gasteiger partial charge in [0.05, 0.1) is 6.54 Å². The normalized spacial score (nSPS) is 16.3. The van der Waals surface area contributed by atoms with Gasteiger partial charge < -0.3 is 20.1 Å². The average Bonchev–Trinajstić information content (AvgIpc) is 3.18. The maximum absolute atomic E-state index is 12.4. The molecule has 2 amide bonds. The molecule has 3 rings (SSSR count). The number of anilines is 1. The largest absolute Gasteiger partial charge is 0.338 e. The highest BCUT2D eigenvalue weighted by atomic mass is 16.5. The molecule has 0 radical (unpaired) electrons. The van der Waals surface area contributed by atoms with Gasteiger partial charge in [0.25, 0.3) is 0 Å². The summed E-state index contributed by atoms with van der Waals surface area (Å²) in [6.07, 6.45) is 3.69. The Morgan fingerprint density at radius 1 is 1.25 bits per heavy atom. The van der Waals surface area contributed by atoms with Gasteiger partial charge in [-0.3, -0.25) is 0 Å². The number of nitrogens with zero attached hydrogens (tertiary/aromatic N) is 3. The Hall–Kier alpha value is -2.41. The molecule has 1 saturated carbocycles. The van der Waals surface area contributed by atoms with Gasteiger partial charge >= 0.3 is 6.03 Å². The third-order valence-electron chi connectivity index (χ3n) is 4.19. The van der Waals surface area contributed by atoms with Crippen molar-refractivity contribution in [2.75, 3.05) is 19.4 Å². The van der Waals surface area contributed by atoms with E-state index in [4.69, 9.17) is 4.52 Å². The third-order valence-corrected chi connectivity index (χ3v) is 4.19. The first-order chi connectivity index (χ1) is 11.6. The molecule has 1 heterocycles. The van der Waals surface area contributed by atoms with E-state index in [9.17, 15) is 4.79 Å². The summed E-state index contributed by atoms with van der Waals surface area (Å²) in [5, 5.41) is 10.1. The minimum absolute atomic E-state index is 0.248. The van der Waals surface area contributed by atoms with Crippen molar-refractivity contribution < 1.29 is 9.32 Å². The summed E-state index contributed by atoms with van der Waals surface area (Å²) in [5.74, 6) is 1.13. The van der Waals surface area contributed by atoms with Crippen LogP contribution < -0.4 is 10.6 Å². The van der Waals surface area contributed by atoms with E-state index in [1.54, 1.807) is 0 Å². The fraction of sp³-hybridized carbons (Fsp3) is 0.471. The summed E-state index contributed by atoms with van der Waals surface area (Å²) in [4.78, 5) is 18.9. The lowest BCUT2D eigenvalue weighted by Crippen LogP contribution is -2.46. The van der Waals surface area contributed by atoms with Crippen LogP contribution in [0.1, 0.15) is 37.4 Å². The van der Waals surface area contributed by atoms with Crippen molar-refractivity contribution in [1.29, 1.82) is 0 Å². The second-order valence-electron chi connectivity index (χ2n) is 6.48. The Morgan fingerprint density at radius 3 is 2.62 bits per heavy atom. The summed E-state index contributed by atoms with van der Waals surface area (Å²) in [6.45, 7) is 0.583. The molecule has 1 fully saturated rings. The highest BCUT2D eigenvalue weighted by molar-refractivity contribution is 5.89. The Balaban J connectivity index is 1.73. The Kier molecular flexibility index (Phi) is 4.80. The number of aromatic nitrogens is 2. The van der Waals surface area contributed by atoms with Crippen LogP contribution in [0.4, 0.5) is 10.5 Å². The molecule has 0 bridgehead atoms. The zero-order valence-electron chi connectivity index (χ0n) is 14.1. The van der Waals surface area contributed by atoms with E-state index in [1.165, 1.54) is 0 Å². The lowest BCUT2D eigenvalue weighted by Gasteiger charge is -2.26. The number of amides is 2. The lowest BCUT2D eigenvalue weighted by atomic mass is 9.97. The zero-order chi connectivity index (χ0) is 17.0. The Labute approximate surface area is 141 Å². The minimum Gasteiger partial charge on any atom is -0.338 e. The first kappa shape index (κ1) is 16.4. The number of para-hydroxylation sites is 1. The molecule has 0 aliphatic heterocycles. The average molecular weight is 329 g/mol. The molecule has 1 aliphatic carbocycles. The van der Waals surface area contributed by atoms with E-state index >= 15 is 0 Å². The first-order valence-electron chi connectivity index (χ1n) is 8.19. The molecular formula is C17H23N5O2. The van der Waals surface area contributed by atoms with Gasteiger partial charge in [0.2, 0.25) is 5.89 Å². The van der Waals surface area contributed by atoms with Crippen molar-refractivity contribution in [2.45, 2.75) is 37.8 Å². The highest BCUT2D eigenvalue weighted by Gasteiger charge is 2.41. The number of hydrogen-bond acceptors (Lipinski definition) is 5. The molecule has 1 aromatic heterocycles. The van der Waals surface area contributed by atoms with Crippen molar-refractivity contribution in [3.63, 3.8) is 0 Å². The molecule has 0 unspecified atom stereocenters. The van der Waals surface area contributed by atoms with Crippen LogP contribution in [0.15, 0.2) is 34.9 Å². The second-order valence-corrected chi connectivity index (χ2v) is 6.48. The second kappa shape index (κ2) is 7.00. The van der Waals surface area contributed by atoms with Crippen molar-refractivity contribution >= 4 is 11.7 Å². The van der Waals surface area contributed by atoms with Crippen molar-refractivity contribution in [3.05, 3.63) is 42.0 Å². The van der Waals surface area contributed by atoms with Crippen LogP contribution >= 0.6 is 0 Å². The van der Waals surface area contributed by atoms with Gasteiger partial charge in [-0.15, -0.1) is 0 Å². The van der Waals surface area contributed by atoms with Crippen LogP contribution in [0.2, 0.25) is 0 Å². The molecule has 7 heteroatoms. The standard InChI is InChI=1S/C17H23N5O2/c1-22(2)12-14-19-15(21-24-14)17(10-6-7-11-17)20-16(23)18-13-8-4-3-5-9-13/h3-5,8-9H,6-7,10-12H2,1-2H3,(H2,18,20,23). The van der Waals surface area contributed by atoms with Gasteiger partial charge in [-0.2, -0.15) is 4.98 Å². The van der Waals surface area contributed by atoms with E-state index in [1.807, 2.05) is 49.3 Å². The van der Waals surface area contributed by atoms with Gasteiger partial charge in [0, 0.05) is 5.69 Å². The Bertz CT molecular complexity index is 677. The molecule has 0 saturated heterocycles. The van der Waals surface area contributed by atoms with Gasteiger partial charge in [-0.1, -0.05) is 36.2 Å². The van der Waals surface area contributed by atoms with E-state index < -0.39 is 5.54 Å². The monoisotopic (exact) mass is 329 g/mol. The van der Waals surface area contributed by atoms with Crippen molar-refractivity contribution in [1.82, 2.24) is 20.4 Å². The quantitative estimate of drug-likeness (QED) is 0.881. The SMILES string of the molecule is CN(C)Cc1nc(C2(NC(=O)Nc3ccccc3)CCCC2)no1. The fourth-order valence-corrected chi connectivity index (χ4v) is 3.07. The predicted molar refractivity (Wildman–Crippen MR) is 90.4 cm³/mol. The molecule has 7 nitrogen and oxygen atoms in total. The number of nitrogens with one attached hydrogen (secondary N) is 2. The first-order valence-corrected chi connectivity index (χ1v) is 8.19. The van der Waals surface area contributed by atoms with Gasteiger partial charge in [-0.05, 0) is 39.1 Å². The molecule has 24 heavy (non-hydrogen) atoms. The summed E-state index contributed by atoms with van der Waals surface area (Å²) in [5.41, 5.74) is 0.206. The number of benzene rings is 1. The zero-order valence-corrected chi connectivity index (χ0v) is 14.1. The van der Waals surface area contributed by atoms with Crippen molar-refractivity contribution in [3.8, 4) is 0 Å². The third kappa shape index (κ3) is 3.73. The number of hydrogen-bond donors (Lipinski definition) is 2. The molecule has 1 aromatic carbocycles.